The number of hydrogen-bond donors (Lipinski definition) is 2. The van der Waals surface area contributed by atoms with Gasteiger partial charge in [0, 0.05) is 6.04 Å². The van der Waals surface area contributed by atoms with Crippen LogP contribution in [0.25, 0.3) is 0 Å². The van der Waals surface area contributed by atoms with Gasteiger partial charge in [-0.25, -0.2) is 0 Å². The molecule has 0 saturated heterocycles. The molecule has 25 heavy (non-hydrogen) atoms. The fraction of sp³-hybridized carbons (Fsp3) is 0.333. The van der Waals surface area contributed by atoms with Crippen molar-refractivity contribution in [3.8, 4) is 11.5 Å². The van der Waals surface area contributed by atoms with Crippen LogP contribution in [0.2, 0.25) is 0 Å². The van der Waals surface area contributed by atoms with Gasteiger partial charge in [0.1, 0.15) is 6.61 Å². The molecule has 1 atom stereocenters. The van der Waals surface area contributed by atoms with E-state index in [1.807, 2.05) is 0 Å². The van der Waals surface area contributed by atoms with Gasteiger partial charge >= 0.3 is 6.18 Å². The number of benzene rings is 2. The molecule has 0 aliphatic carbocycles. The van der Waals surface area contributed by atoms with Crippen molar-refractivity contribution >= 4 is 0 Å². The first-order valence-corrected chi connectivity index (χ1v) is 7.65. The highest BCUT2D eigenvalue weighted by Crippen LogP contribution is 2.31. The number of rotatable bonds is 7. The van der Waals surface area contributed by atoms with Crippen LogP contribution in [0.1, 0.15) is 16.7 Å². The third-order valence-corrected chi connectivity index (χ3v) is 3.61. The largest absolute Gasteiger partial charge is 0.493 e. The van der Waals surface area contributed by atoms with E-state index in [-0.39, 0.29) is 19.3 Å². The maximum absolute atomic E-state index is 12.7. The Balaban J connectivity index is 2.10. The smallest absolute Gasteiger partial charge is 0.416 e. The first kappa shape index (κ1) is 19.1. The zero-order chi connectivity index (χ0) is 18.4. The Morgan fingerprint density at radius 1 is 1.08 bits per heavy atom. The van der Waals surface area contributed by atoms with Gasteiger partial charge in [0.05, 0.1) is 19.3 Å². The molecule has 7 heteroatoms. The molecule has 0 radical (unpaired) electrons. The lowest BCUT2D eigenvalue weighted by Crippen LogP contribution is -2.26. The lowest BCUT2D eigenvalue weighted by molar-refractivity contribution is -0.137. The SMILES string of the molecule is COc1cc(CC(N)CO)ccc1OCc1cccc(C(F)(F)F)c1. The van der Waals surface area contributed by atoms with Crippen LogP contribution in [0.15, 0.2) is 42.5 Å². The van der Waals surface area contributed by atoms with Gasteiger partial charge in [-0.3, -0.25) is 0 Å². The number of aliphatic hydroxyl groups is 1. The number of halogens is 3. The molecule has 136 valence electrons. The minimum atomic E-state index is -4.39. The Morgan fingerprint density at radius 2 is 1.84 bits per heavy atom. The van der Waals surface area contributed by atoms with Crippen molar-refractivity contribution in [2.45, 2.75) is 25.2 Å². The lowest BCUT2D eigenvalue weighted by Gasteiger charge is -2.14. The molecule has 0 bridgehead atoms. The Labute approximate surface area is 144 Å². The average Bonchev–Trinajstić information content (AvgIpc) is 2.59. The Bertz CT molecular complexity index is 704. The molecule has 0 aliphatic heterocycles. The molecule has 0 fully saturated rings. The van der Waals surface area contributed by atoms with Gasteiger partial charge in [-0.1, -0.05) is 18.2 Å². The van der Waals surface area contributed by atoms with Crippen LogP contribution in [-0.2, 0) is 19.2 Å². The number of ether oxygens (including phenoxy) is 2. The van der Waals surface area contributed by atoms with E-state index in [0.717, 1.165) is 17.7 Å². The van der Waals surface area contributed by atoms with Crippen molar-refractivity contribution in [3.63, 3.8) is 0 Å². The summed E-state index contributed by atoms with van der Waals surface area (Å²) in [4.78, 5) is 0. The quantitative estimate of drug-likeness (QED) is 0.801. The summed E-state index contributed by atoms with van der Waals surface area (Å²) in [6, 6.07) is 9.79. The van der Waals surface area contributed by atoms with Crippen molar-refractivity contribution in [1.82, 2.24) is 0 Å². The summed E-state index contributed by atoms with van der Waals surface area (Å²) in [5, 5.41) is 9.01. The number of nitrogens with two attached hydrogens (primary N) is 1. The molecule has 1 unspecified atom stereocenters. The molecule has 2 rings (SSSR count). The summed E-state index contributed by atoms with van der Waals surface area (Å²) in [6.07, 6.45) is -3.92. The molecule has 0 aromatic heterocycles. The maximum Gasteiger partial charge on any atom is 0.416 e. The molecule has 0 heterocycles. The van der Waals surface area contributed by atoms with Crippen molar-refractivity contribution < 1.29 is 27.8 Å². The Kier molecular flexibility index (Phi) is 6.27. The van der Waals surface area contributed by atoms with E-state index in [1.165, 1.54) is 13.2 Å². The van der Waals surface area contributed by atoms with E-state index in [0.29, 0.717) is 23.5 Å². The summed E-state index contributed by atoms with van der Waals surface area (Å²) in [6.45, 7) is -0.147. The van der Waals surface area contributed by atoms with Gasteiger partial charge in [-0.2, -0.15) is 13.2 Å². The minimum absolute atomic E-state index is 0.0181. The van der Waals surface area contributed by atoms with E-state index in [4.69, 9.17) is 20.3 Å². The molecule has 4 nitrogen and oxygen atoms in total. The monoisotopic (exact) mass is 355 g/mol. The van der Waals surface area contributed by atoms with E-state index < -0.39 is 11.7 Å². The summed E-state index contributed by atoms with van der Waals surface area (Å²) in [7, 11) is 1.47. The molecule has 3 N–H and O–H groups in total. The summed E-state index contributed by atoms with van der Waals surface area (Å²) < 4.78 is 49.1. The number of methoxy groups -OCH3 is 1. The van der Waals surface area contributed by atoms with Crippen LogP contribution in [-0.4, -0.2) is 24.9 Å². The van der Waals surface area contributed by atoms with E-state index in [2.05, 4.69) is 0 Å². The van der Waals surface area contributed by atoms with Crippen LogP contribution in [0.3, 0.4) is 0 Å². The average molecular weight is 355 g/mol. The zero-order valence-electron chi connectivity index (χ0n) is 13.7. The highest BCUT2D eigenvalue weighted by atomic mass is 19.4. The predicted octanol–water partition coefficient (Wildman–Crippen LogP) is 3.16. The zero-order valence-corrected chi connectivity index (χ0v) is 13.7. The fourth-order valence-electron chi connectivity index (χ4n) is 2.32. The summed E-state index contributed by atoms with van der Waals surface area (Å²) in [5.41, 5.74) is 6.26. The molecule has 0 aliphatic rings. The summed E-state index contributed by atoms with van der Waals surface area (Å²) in [5.74, 6) is 0.871. The van der Waals surface area contributed by atoms with Gasteiger partial charge in [0.2, 0.25) is 0 Å². The van der Waals surface area contributed by atoms with Crippen molar-refractivity contribution in [3.05, 3.63) is 59.2 Å². The van der Waals surface area contributed by atoms with Gasteiger partial charge in [-0.05, 0) is 41.8 Å². The third kappa shape index (κ3) is 5.37. The van der Waals surface area contributed by atoms with E-state index in [1.54, 1.807) is 24.3 Å². The van der Waals surface area contributed by atoms with Crippen LogP contribution >= 0.6 is 0 Å². The Morgan fingerprint density at radius 3 is 2.48 bits per heavy atom. The fourth-order valence-corrected chi connectivity index (χ4v) is 2.32. The summed E-state index contributed by atoms with van der Waals surface area (Å²) >= 11 is 0. The van der Waals surface area contributed by atoms with Crippen molar-refractivity contribution in [1.29, 1.82) is 0 Å². The van der Waals surface area contributed by atoms with E-state index in [9.17, 15) is 13.2 Å². The highest BCUT2D eigenvalue weighted by molar-refractivity contribution is 5.43. The first-order chi connectivity index (χ1) is 11.8. The van der Waals surface area contributed by atoms with Crippen LogP contribution in [0, 0.1) is 0 Å². The second kappa shape index (κ2) is 8.22. The second-order valence-electron chi connectivity index (χ2n) is 5.62. The molecule has 2 aromatic carbocycles. The van der Waals surface area contributed by atoms with Crippen LogP contribution < -0.4 is 15.2 Å². The molecule has 2 aromatic rings. The molecule has 0 amide bonds. The lowest BCUT2D eigenvalue weighted by atomic mass is 10.1. The number of aliphatic hydroxyl groups excluding tert-OH is 1. The van der Waals surface area contributed by atoms with Crippen LogP contribution in [0.4, 0.5) is 13.2 Å². The normalized spacial score (nSPS) is 12.7. The van der Waals surface area contributed by atoms with Crippen molar-refractivity contribution in [2.24, 2.45) is 5.73 Å². The minimum Gasteiger partial charge on any atom is -0.493 e. The molecular weight excluding hydrogens is 335 g/mol. The molecule has 0 spiro atoms. The standard InChI is InChI=1S/C18H20F3NO3/c1-24-17-9-12(8-15(22)10-23)5-6-16(17)25-11-13-3-2-4-14(7-13)18(19,20)21/h2-7,9,15,23H,8,10-11,22H2,1H3. The number of hydrogen-bond acceptors (Lipinski definition) is 4. The van der Waals surface area contributed by atoms with Gasteiger partial charge in [0.25, 0.3) is 0 Å². The van der Waals surface area contributed by atoms with Gasteiger partial charge in [-0.15, -0.1) is 0 Å². The Hall–Kier alpha value is -2.25. The maximum atomic E-state index is 12.7. The highest BCUT2D eigenvalue weighted by Gasteiger charge is 2.30. The van der Waals surface area contributed by atoms with Crippen molar-refractivity contribution in [2.75, 3.05) is 13.7 Å². The first-order valence-electron chi connectivity index (χ1n) is 7.65. The molecule has 0 saturated carbocycles. The third-order valence-electron chi connectivity index (χ3n) is 3.61. The van der Waals surface area contributed by atoms with E-state index >= 15 is 0 Å². The predicted molar refractivity (Wildman–Crippen MR) is 87.5 cm³/mol. The van der Waals surface area contributed by atoms with Gasteiger partial charge < -0.3 is 20.3 Å². The topological polar surface area (TPSA) is 64.7 Å². The second-order valence-corrected chi connectivity index (χ2v) is 5.62. The van der Waals surface area contributed by atoms with Crippen LogP contribution in [0.5, 0.6) is 11.5 Å². The van der Waals surface area contributed by atoms with Gasteiger partial charge in [0.15, 0.2) is 11.5 Å². The number of alkyl halides is 3. The molecular formula is C18H20F3NO3.